The zero-order valence-electron chi connectivity index (χ0n) is 10.7. The van der Waals surface area contributed by atoms with Gasteiger partial charge in [-0.25, -0.2) is 0 Å². The van der Waals surface area contributed by atoms with Crippen molar-refractivity contribution in [2.45, 2.75) is 13.8 Å². The third-order valence-corrected chi connectivity index (χ3v) is 3.02. The summed E-state index contributed by atoms with van der Waals surface area (Å²) >= 11 is 0. The highest BCUT2D eigenvalue weighted by molar-refractivity contribution is 5.67. The van der Waals surface area contributed by atoms with Crippen molar-refractivity contribution in [2.24, 2.45) is 0 Å². The van der Waals surface area contributed by atoms with Crippen molar-refractivity contribution < 1.29 is 0 Å². The summed E-state index contributed by atoms with van der Waals surface area (Å²) in [5.74, 6) is 0.785. The summed E-state index contributed by atoms with van der Waals surface area (Å²) in [7, 11) is 1.83. The van der Waals surface area contributed by atoms with Crippen LogP contribution in [0.1, 0.15) is 16.7 Å². The first-order valence-electron chi connectivity index (χ1n) is 5.69. The maximum absolute atomic E-state index is 8.92. The molecule has 0 saturated heterocycles. The van der Waals surface area contributed by atoms with Gasteiger partial charge in [0.05, 0.1) is 17.3 Å². The van der Waals surface area contributed by atoms with Crippen molar-refractivity contribution in [1.82, 2.24) is 10.2 Å². The number of aromatic nitrogens is 2. The van der Waals surface area contributed by atoms with Gasteiger partial charge in [0.2, 0.25) is 0 Å². The minimum Gasteiger partial charge on any atom is -0.371 e. The Morgan fingerprint density at radius 3 is 2.61 bits per heavy atom. The lowest BCUT2D eigenvalue weighted by Crippen LogP contribution is -2.02. The molecule has 18 heavy (non-hydrogen) atoms. The first-order chi connectivity index (χ1) is 8.67. The van der Waals surface area contributed by atoms with Gasteiger partial charge in [-0.3, -0.25) is 0 Å². The molecule has 0 bridgehead atoms. The van der Waals surface area contributed by atoms with E-state index in [2.05, 4.69) is 21.6 Å². The number of benzene rings is 1. The summed E-state index contributed by atoms with van der Waals surface area (Å²) in [4.78, 5) is 0. The van der Waals surface area contributed by atoms with Gasteiger partial charge in [0, 0.05) is 12.6 Å². The lowest BCUT2D eigenvalue weighted by atomic mass is 10.0. The summed E-state index contributed by atoms with van der Waals surface area (Å²) in [5, 5.41) is 20.3. The van der Waals surface area contributed by atoms with Crippen LogP contribution in [-0.2, 0) is 0 Å². The Morgan fingerprint density at radius 2 is 1.94 bits per heavy atom. The van der Waals surface area contributed by atoms with Crippen molar-refractivity contribution in [3.63, 3.8) is 0 Å². The zero-order chi connectivity index (χ0) is 13.1. The quantitative estimate of drug-likeness (QED) is 0.873. The Balaban J connectivity index is 2.58. The Labute approximate surface area is 106 Å². The molecule has 1 aromatic heterocycles. The molecule has 4 nitrogen and oxygen atoms in total. The number of nitriles is 1. The minimum atomic E-state index is 0.629. The van der Waals surface area contributed by atoms with Crippen molar-refractivity contribution in [3.05, 3.63) is 41.0 Å². The van der Waals surface area contributed by atoms with Gasteiger partial charge >= 0.3 is 0 Å². The number of hydrogen-bond donors (Lipinski definition) is 1. The van der Waals surface area contributed by atoms with Gasteiger partial charge in [-0.2, -0.15) is 5.26 Å². The highest BCUT2D eigenvalue weighted by Gasteiger charge is 2.10. The third-order valence-electron chi connectivity index (χ3n) is 3.02. The van der Waals surface area contributed by atoms with Gasteiger partial charge < -0.3 is 5.32 Å². The molecule has 0 aliphatic heterocycles. The van der Waals surface area contributed by atoms with E-state index in [1.807, 2.05) is 39.1 Å². The lowest BCUT2D eigenvalue weighted by molar-refractivity contribution is 1.00. The van der Waals surface area contributed by atoms with E-state index in [1.54, 1.807) is 6.07 Å². The highest BCUT2D eigenvalue weighted by Crippen LogP contribution is 2.26. The van der Waals surface area contributed by atoms with Crippen LogP contribution in [0.5, 0.6) is 0 Å². The fraction of sp³-hybridized carbons (Fsp3) is 0.214. The molecule has 0 fully saturated rings. The molecular formula is C14H14N4. The Bertz CT molecular complexity index is 626. The molecule has 2 aromatic rings. The molecule has 0 aliphatic rings. The van der Waals surface area contributed by atoms with E-state index in [-0.39, 0.29) is 0 Å². The highest BCUT2D eigenvalue weighted by atomic mass is 15.2. The lowest BCUT2D eigenvalue weighted by Gasteiger charge is -2.10. The van der Waals surface area contributed by atoms with Gasteiger partial charge in [-0.15, -0.1) is 10.2 Å². The van der Waals surface area contributed by atoms with Crippen molar-refractivity contribution in [3.8, 4) is 17.3 Å². The predicted molar refractivity (Wildman–Crippen MR) is 71.2 cm³/mol. The van der Waals surface area contributed by atoms with E-state index in [0.29, 0.717) is 5.56 Å². The Hall–Kier alpha value is -2.41. The van der Waals surface area contributed by atoms with E-state index in [4.69, 9.17) is 5.26 Å². The van der Waals surface area contributed by atoms with E-state index in [1.165, 1.54) is 0 Å². The van der Waals surface area contributed by atoms with Gasteiger partial charge in [-0.05, 0) is 37.1 Å². The number of nitrogens with zero attached hydrogens (tertiary/aromatic N) is 3. The van der Waals surface area contributed by atoms with E-state index in [9.17, 15) is 0 Å². The summed E-state index contributed by atoms with van der Waals surface area (Å²) in [6.07, 6.45) is 0. The molecule has 0 radical (unpaired) electrons. The second-order valence-corrected chi connectivity index (χ2v) is 4.09. The molecule has 0 amide bonds. The van der Waals surface area contributed by atoms with E-state index < -0.39 is 0 Å². The van der Waals surface area contributed by atoms with Crippen LogP contribution in [0.25, 0.3) is 11.3 Å². The SMILES string of the molecule is CNc1nnc(-c2cccc(C#N)c2)c(C)c1C. The summed E-state index contributed by atoms with van der Waals surface area (Å²) in [5.41, 5.74) is 4.52. The normalized spacial score (nSPS) is 9.89. The summed E-state index contributed by atoms with van der Waals surface area (Å²) < 4.78 is 0. The number of anilines is 1. The molecule has 0 atom stereocenters. The van der Waals surface area contributed by atoms with Crippen LogP contribution in [-0.4, -0.2) is 17.2 Å². The first-order valence-corrected chi connectivity index (χ1v) is 5.69. The standard InChI is InChI=1S/C14H14N4/c1-9-10(2)14(16-3)18-17-13(9)12-6-4-5-11(7-12)8-15/h4-7H,1-3H3,(H,16,18). The molecule has 1 aromatic carbocycles. The van der Waals surface area contributed by atoms with Crippen molar-refractivity contribution >= 4 is 5.82 Å². The molecular weight excluding hydrogens is 224 g/mol. The molecule has 0 aliphatic carbocycles. The largest absolute Gasteiger partial charge is 0.371 e. The molecule has 0 unspecified atom stereocenters. The van der Waals surface area contributed by atoms with Gasteiger partial charge in [0.15, 0.2) is 5.82 Å². The van der Waals surface area contributed by atoms with Gasteiger partial charge in [-0.1, -0.05) is 12.1 Å². The van der Waals surface area contributed by atoms with E-state index in [0.717, 1.165) is 28.2 Å². The van der Waals surface area contributed by atoms with Gasteiger partial charge in [0.25, 0.3) is 0 Å². The van der Waals surface area contributed by atoms with Crippen LogP contribution in [0.3, 0.4) is 0 Å². The average Bonchev–Trinajstić information content (AvgIpc) is 2.42. The van der Waals surface area contributed by atoms with Crippen molar-refractivity contribution in [1.29, 1.82) is 5.26 Å². The van der Waals surface area contributed by atoms with Crippen LogP contribution >= 0.6 is 0 Å². The molecule has 1 heterocycles. The molecule has 4 heteroatoms. The van der Waals surface area contributed by atoms with Crippen LogP contribution in [0.4, 0.5) is 5.82 Å². The topological polar surface area (TPSA) is 61.6 Å². The fourth-order valence-electron chi connectivity index (χ4n) is 1.85. The third kappa shape index (κ3) is 2.03. The molecule has 0 saturated carbocycles. The molecule has 90 valence electrons. The maximum atomic E-state index is 8.92. The van der Waals surface area contributed by atoms with Crippen LogP contribution in [0.15, 0.2) is 24.3 Å². The van der Waals surface area contributed by atoms with Crippen LogP contribution in [0, 0.1) is 25.2 Å². The van der Waals surface area contributed by atoms with Crippen LogP contribution < -0.4 is 5.32 Å². The number of hydrogen-bond acceptors (Lipinski definition) is 4. The van der Waals surface area contributed by atoms with Crippen LogP contribution in [0.2, 0.25) is 0 Å². The second kappa shape index (κ2) is 4.84. The summed E-state index contributed by atoms with van der Waals surface area (Å²) in [6, 6.07) is 9.54. The molecule has 0 spiro atoms. The first kappa shape index (κ1) is 12.1. The number of nitrogens with one attached hydrogen (secondary N) is 1. The zero-order valence-corrected chi connectivity index (χ0v) is 10.7. The van der Waals surface area contributed by atoms with Crippen molar-refractivity contribution in [2.75, 3.05) is 12.4 Å². The minimum absolute atomic E-state index is 0.629. The Kier molecular flexibility index (Phi) is 3.24. The second-order valence-electron chi connectivity index (χ2n) is 4.09. The molecule has 2 rings (SSSR count). The number of rotatable bonds is 2. The summed E-state index contributed by atoms with van der Waals surface area (Å²) in [6.45, 7) is 4.02. The molecule has 1 N–H and O–H groups in total. The fourth-order valence-corrected chi connectivity index (χ4v) is 1.85. The Morgan fingerprint density at radius 1 is 1.17 bits per heavy atom. The maximum Gasteiger partial charge on any atom is 0.151 e. The smallest absolute Gasteiger partial charge is 0.151 e. The monoisotopic (exact) mass is 238 g/mol. The predicted octanol–water partition coefficient (Wildman–Crippen LogP) is 2.67. The van der Waals surface area contributed by atoms with Gasteiger partial charge in [0.1, 0.15) is 0 Å². The van der Waals surface area contributed by atoms with E-state index >= 15 is 0 Å². The average molecular weight is 238 g/mol.